The van der Waals surface area contributed by atoms with Crippen molar-refractivity contribution in [2.75, 3.05) is 25.6 Å². The van der Waals surface area contributed by atoms with Gasteiger partial charge in [0.1, 0.15) is 42.0 Å². The number of carbonyl (C=O) groups is 7. The lowest BCUT2D eigenvalue weighted by Crippen LogP contribution is -2.61. The van der Waals surface area contributed by atoms with E-state index in [0.29, 0.717) is 18.4 Å². The number of hydrogen-bond acceptors (Lipinski definition) is 9. The molecule has 2 aromatic carbocycles. The van der Waals surface area contributed by atoms with Gasteiger partial charge in [-0.05, 0) is 73.6 Å². The van der Waals surface area contributed by atoms with E-state index < -0.39 is 100 Å². The lowest BCUT2D eigenvalue weighted by molar-refractivity contribution is -0.144. The molecule has 0 saturated carbocycles. The van der Waals surface area contributed by atoms with Gasteiger partial charge < -0.3 is 47.0 Å². The van der Waals surface area contributed by atoms with E-state index in [0.717, 1.165) is 5.56 Å². The zero-order chi connectivity index (χ0) is 44.5. The first-order chi connectivity index (χ1) is 28.4. The Hall–Kier alpha value is -5.52. The van der Waals surface area contributed by atoms with Crippen LogP contribution < -0.4 is 31.9 Å². The minimum absolute atomic E-state index is 0.0184. The van der Waals surface area contributed by atoms with E-state index >= 15 is 0 Å². The highest BCUT2D eigenvalue weighted by Gasteiger charge is 2.37. The monoisotopic (exact) mass is 855 g/mol. The number of nitrogens with one attached hydrogen (secondary N) is 6. The second-order valence-corrected chi connectivity index (χ2v) is 17.4. The van der Waals surface area contributed by atoms with Crippen LogP contribution in [0, 0.1) is 11.8 Å². The van der Waals surface area contributed by atoms with Crippen molar-refractivity contribution < 1.29 is 48.0 Å². The predicted octanol–water partition coefficient (Wildman–Crippen LogP) is 1.35. The van der Waals surface area contributed by atoms with Gasteiger partial charge in [-0.2, -0.15) is 0 Å². The van der Waals surface area contributed by atoms with E-state index in [1.54, 1.807) is 70.2 Å². The SMILES string of the molecule is CC(C)[C@@H]1NC(=O)[C@H](NC(=O)N[C@@H](Cc2ccccc2)C(=O)O)CCCCNC(=O)[C@H](CCS(C)=O)NC(=O)[C@H](CCc2ccc(O)cc2)N(C)C(=O)[C@H](C(C)C)NC1=O. The summed E-state index contributed by atoms with van der Waals surface area (Å²) in [6.07, 6.45) is 2.55. The molecule has 60 heavy (non-hydrogen) atoms. The molecule has 0 radical (unpaired) electrons. The third-order valence-corrected chi connectivity index (χ3v) is 11.1. The van der Waals surface area contributed by atoms with Gasteiger partial charge in [0.05, 0.1) is 0 Å². The molecule has 1 aliphatic rings. The molecule has 0 aliphatic carbocycles. The van der Waals surface area contributed by atoms with Gasteiger partial charge in [0, 0.05) is 42.8 Å². The maximum Gasteiger partial charge on any atom is 0.326 e. The van der Waals surface area contributed by atoms with Crippen LogP contribution in [0.4, 0.5) is 4.79 Å². The van der Waals surface area contributed by atoms with E-state index in [-0.39, 0.29) is 50.2 Å². The molecule has 18 heteroatoms. The van der Waals surface area contributed by atoms with Gasteiger partial charge in [0.25, 0.3) is 0 Å². The number of phenolic OH excluding ortho intramolecular Hbond substituents is 1. The van der Waals surface area contributed by atoms with Crippen LogP contribution in [0.3, 0.4) is 0 Å². The van der Waals surface area contributed by atoms with Crippen molar-refractivity contribution >= 4 is 52.3 Å². The Bertz CT molecular complexity index is 1810. The molecule has 330 valence electrons. The summed E-state index contributed by atoms with van der Waals surface area (Å²) in [5.74, 6) is -5.29. The smallest absolute Gasteiger partial charge is 0.326 e. The number of nitrogens with zero attached hydrogens (tertiary/aromatic N) is 1. The highest BCUT2D eigenvalue weighted by molar-refractivity contribution is 7.84. The van der Waals surface area contributed by atoms with Crippen molar-refractivity contribution in [1.82, 2.24) is 36.8 Å². The second kappa shape index (κ2) is 23.9. The average Bonchev–Trinajstić information content (AvgIpc) is 3.19. The number of aromatic hydroxyl groups is 1. The summed E-state index contributed by atoms with van der Waals surface area (Å²) in [6.45, 7) is 6.94. The summed E-state index contributed by atoms with van der Waals surface area (Å²) in [4.78, 5) is 96.5. The molecule has 1 aliphatic heterocycles. The first kappa shape index (κ1) is 48.8. The molecule has 8 N–H and O–H groups in total. The maximum absolute atomic E-state index is 14.3. The van der Waals surface area contributed by atoms with Gasteiger partial charge in [-0.3, -0.25) is 28.2 Å². The number of aryl methyl sites for hydroxylation is 1. The summed E-state index contributed by atoms with van der Waals surface area (Å²) in [7, 11) is 0.132. The van der Waals surface area contributed by atoms with Crippen molar-refractivity contribution in [2.45, 2.75) is 109 Å². The van der Waals surface area contributed by atoms with Gasteiger partial charge in [-0.15, -0.1) is 0 Å². The molecule has 0 spiro atoms. The Morgan fingerprint density at radius 2 is 1.45 bits per heavy atom. The largest absolute Gasteiger partial charge is 0.508 e. The zero-order valence-corrected chi connectivity index (χ0v) is 36.0. The second-order valence-electron chi connectivity index (χ2n) is 15.8. The Morgan fingerprint density at radius 3 is 2.05 bits per heavy atom. The minimum atomic E-state index is -1.32. The van der Waals surface area contributed by atoms with Crippen molar-refractivity contribution in [1.29, 1.82) is 0 Å². The molecule has 1 saturated heterocycles. The molecule has 1 fully saturated rings. The Kier molecular flexibility index (Phi) is 19.5. The van der Waals surface area contributed by atoms with Gasteiger partial charge in [0.15, 0.2) is 0 Å². The van der Waals surface area contributed by atoms with Crippen molar-refractivity contribution in [3.05, 3.63) is 65.7 Å². The van der Waals surface area contributed by atoms with E-state index in [9.17, 15) is 48.0 Å². The number of urea groups is 1. The van der Waals surface area contributed by atoms with E-state index in [4.69, 9.17) is 0 Å². The molecule has 1 heterocycles. The van der Waals surface area contributed by atoms with Gasteiger partial charge in [-0.1, -0.05) is 70.2 Å². The normalized spacial score (nSPS) is 22.6. The van der Waals surface area contributed by atoms with Crippen LogP contribution >= 0.6 is 0 Å². The predicted molar refractivity (Wildman–Crippen MR) is 226 cm³/mol. The number of hydrogen-bond donors (Lipinski definition) is 8. The Labute approximate surface area is 354 Å². The number of amides is 7. The molecule has 0 bridgehead atoms. The zero-order valence-electron chi connectivity index (χ0n) is 35.2. The fourth-order valence-electron chi connectivity index (χ4n) is 6.69. The maximum atomic E-state index is 14.3. The van der Waals surface area contributed by atoms with Gasteiger partial charge in [-0.25, -0.2) is 9.59 Å². The number of likely N-dealkylation sites (N-methyl/N-ethyl adjacent to an activating group) is 1. The fourth-order valence-corrected chi connectivity index (χ4v) is 7.26. The lowest BCUT2D eigenvalue weighted by Gasteiger charge is -2.34. The number of rotatable bonds is 13. The molecule has 7 atom stereocenters. The third kappa shape index (κ3) is 15.6. The molecule has 2 aromatic rings. The van der Waals surface area contributed by atoms with Crippen LogP contribution in [0.2, 0.25) is 0 Å². The van der Waals surface area contributed by atoms with Crippen molar-refractivity contribution in [3.8, 4) is 5.75 Å². The van der Waals surface area contributed by atoms with Gasteiger partial charge in [0.2, 0.25) is 29.5 Å². The number of carboxylic acid groups (broad SMARTS) is 1. The molecule has 17 nitrogen and oxygen atoms in total. The molecule has 7 amide bonds. The number of phenols is 1. The summed E-state index contributed by atoms with van der Waals surface area (Å²) in [6, 6.07) is 7.04. The lowest BCUT2D eigenvalue weighted by atomic mass is 9.97. The van der Waals surface area contributed by atoms with E-state index in [2.05, 4.69) is 31.9 Å². The summed E-state index contributed by atoms with van der Waals surface area (Å²) in [5, 5.41) is 35.7. The molecule has 1 unspecified atom stereocenters. The van der Waals surface area contributed by atoms with Crippen LogP contribution in [0.15, 0.2) is 54.6 Å². The molecular formula is C42H61N7O10S. The first-order valence-electron chi connectivity index (χ1n) is 20.2. The summed E-state index contributed by atoms with van der Waals surface area (Å²) < 4.78 is 12.1. The molecular weight excluding hydrogens is 795 g/mol. The van der Waals surface area contributed by atoms with Crippen LogP contribution in [0.5, 0.6) is 5.75 Å². The van der Waals surface area contributed by atoms with Crippen LogP contribution in [-0.4, -0.2) is 123 Å². The van der Waals surface area contributed by atoms with Crippen LogP contribution in [-0.2, 0) is 52.4 Å². The fraction of sp³-hybridized carbons (Fsp3) is 0.548. The number of carbonyl (C=O) groups excluding carboxylic acids is 6. The number of carboxylic acids is 1. The quantitative estimate of drug-likeness (QED) is 0.144. The first-order valence-corrected chi connectivity index (χ1v) is 22.0. The highest BCUT2D eigenvalue weighted by Crippen LogP contribution is 2.17. The van der Waals surface area contributed by atoms with E-state index in [1.807, 2.05) is 0 Å². The van der Waals surface area contributed by atoms with Crippen LogP contribution in [0.1, 0.15) is 70.9 Å². The summed E-state index contributed by atoms with van der Waals surface area (Å²) in [5.41, 5.74) is 1.44. The van der Waals surface area contributed by atoms with Crippen molar-refractivity contribution in [2.24, 2.45) is 11.8 Å². The Balaban J connectivity index is 1.96. The van der Waals surface area contributed by atoms with Gasteiger partial charge >= 0.3 is 12.0 Å². The van der Waals surface area contributed by atoms with Crippen LogP contribution in [0.25, 0.3) is 0 Å². The standard InChI is InChI=1S/C42H61N7O10S/c1-25(2)34-39(54)48-35(26(3)4)40(55)49(5)33(20-17-27-15-18-29(50)19-16-27)38(53)44-31(21-23-60(6)59)36(51)43-22-11-10-14-30(37(52)47-34)45-42(58)46-32(41(56)57)24-28-12-8-7-9-13-28/h7-9,12-13,15-16,18-19,25-26,30-35,50H,10-11,14,17,20-24H2,1-6H3,(H,43,51)(H,44,53)(H,47,52)(H,48,54)(H,56,57)(H2,45,46,58)/t30-,31+,32+,33+,34+,35+,60?/m1/s1. The molecule has 0 aromatic heterocycles. The van der Waals surface area contributed by atoms with E-state index in [1.165, 1.54) is 30.3 Å². The summed E-state index contributed by atoms with van der Waals surface area (Å²) >= 11 is 0. The number of benzene rings is 2. The van der Waals surface area contributed by atoms with Crippen molar-refractivity contribution in [3.63, 3.8) is 0 Å². The Morgan fingerprint density at radius 1 is 0.817 bits per heavy atom. The number of aliphatic carboxylic acids is 1. The third-order valence-electron chi connectivity index (χ3n) is 10.3. The topological polar surface area (TPSA) is 252 Å². The average molecular weight is 856 g/mol. The minimum Gasteiger partial charge on any atom is -0.508 e. The molecule has 3 rings (SSSR count). The highest BCUT2D eigenvalue weighted by atomic mass is 32.2.